The maximum Gasteiger partial charge on any atom is 0.0950 e. The average molecular weight is 267 g/mol. The molecule has 1 rings (SSSR count). The lowest BCUT2D eigenvalue weighted by Crippen LogP contribution is -2.21. The molecule has 0 heterocycles. The first-order valence-corrected chi connectivity index (χ1v) is 6.76. The topological polar surface area (TPSA) is 39.7 Å². The standard InChI is InChI=1S/C15H25NO3/c1-16-13-15(14-7-4-3-5-8-14)19-12-11-18-10-6-9-17-2/h3-5,7-8,15-16H,6,9-13H2,1-2H3. The second kappa shape index (κ2) is 10.9. The Labute approximate surface area is 116 Å². The third kappa shape index (κ3) is 7.28. The van der Waals surface area contributed by atoms with E-state index in [4.69, 9.17) is 14.2 Å². The summed E-state index contributed by atoms with van der Waals surface area (Å²) in [5.41, 5.74) is 1.19. The maximum absolute atomic E-state index is 5.86. The van der Waals surface area contributed by atoms with Gasteiger partial charge < -0.3 is 19.5 Å². The summed E-state index contributed by atoms with van der Waals surface area (Å²) in [5, 5.41) is 3.15. The molecular formula is C15H25NO3. The SMILES string of the molecule is CNCC(OCCOCCCOC)c1ccccc1. The second-order valence-electron chi connectivity index (χ2n) is 4.29. The van der Waals surface area contributed by atoms with Gasteiger partial charge in [-0.05, 0) is 19.0 Å². The van der Waals surface area contributed by atoms with E-state index >= 15 is 0 Å². The Morgan fingerprint density at radius 2 is 1.84 bits per heavy atom. The number of methoxy groups -OCH3 is 1. The number of nitrogens with one attached hydrogen (secondary N) is 1. The van der Waals surface area contributed by atoms with Crippen molar-refractivity contribution >= 4 is 0 Å². The number of hydrogen-bond acceptors (Lipinski definition) is 4. The third-order valence-corrected chi connectivity index (χ3v) is 2.74. The monoisotopic (exact) mass is 267 g/mol. The molecule has 108 valence electrons. The van der Waals surface area contributed by atoms with E-state index in [1.165, 1.54) is 5.56 Å². The molecule has 0 spiro atoms. The van der Waals surface area contributed by atoms with Gasteiger partial charge in [-0.15, -0.1) is 0 Å². The first-order valence-electron chi connectivity index (χ1n) is 6.76. The molecule has 4 nitrogen and oxygen atoms in total. The largest absolute Gasteiger partial charge is 0.385 e. The summed E-state index contributed by atoms with van der Waals surface area (Å²) >= 11 is 0. The summed E-state index contributed by atoms with van der Waals surface area (Å²) in [5.74, 6) is 0. The minimum atomic E-state index is 0.0776. The number of likely N-dealkylation sites (N-methyl/N-ethyl adjacent to an activating group) is 1. The van der Waals surface area contributed by atoms with Gasteiger partial charge in [0.2, 0.25) is 0 Å². The van der Waals surface area contributed by atoms with Gasteiger partial charge >= 0.3 is 0 Å². The fraction of sp³-hybridized carbons (Fsp3) is 0.600. The van der Waals surface area contributed by atoms with E-state index in [2.05, 4.69) is 17.4 Å². The molecule has 0 aliphatic heterocycles. The smallest absolute Gasteiger partial charge is 0.0950 e. The molecule has 0 fully saturated rings. The number of benzene rings is 1. The van der Waals surface area contributed by atoms with Crippen LogP contribution in [0.1, 0.15) is 18.1 Å². The van der Waals surface area contributed by atoms with Gasteiger partial charge in [-0.3, -0.25) is 0 Å². The molecule has 1 unspecified atom stereocenters. The number of ether oxygens (including phenoxy) is 3. The Hall–Kier alpha value is -0.940. The van der Waals surface area contributed by atoms with Crippen LogP contribution in [0.25, 0.3) is 0 Å². The summed E-state index contributed by atoms with van der Waals surface area (Å²) in [4.78, 5) is 0. The van der Waals surface area contributed by atoms with Crippen molar-refractivity contribution in [2.75, 3.05) is 47.1 Å². The molecule has 0 saturated carbocycles. The van der Waals surface area contributed by atoms with E-state index in [1.54, 1.807) is 7.11 Å². The van der Waals surface area contributed by atoms with Gasteiger partial charge in [0, 0.05) is 26.9 Å². The van der Waals surface area contributed by atoms with Crippen LogP contribution in [0.5, 0.6) is 0 Å². The zero-order chi connectivity index (χ0) is 13.8. The van der Waals surface area contributed by atoms with E-state index < -0.39 is 0 Å². The van der Waals surface area contributed by atoms with Crippen LogP contribution in [0.3, 0.4) is 0 Å². The van der Waals surface area contributed by atoms with Crippen molar-refractivity contribution < 1.29 is 14.2 Å². The van der Waals surface area contributed by atoms with Crippen molar-refractivity contribution in [3.8, 4) is 0 Å². The van der Waals surface area contributed by atoms with Crippen LogP contribution in [-0.4, -0.2) is 47.1 Å². The summed E-state index contributed by atoms with van der Waals surface area (Å²) in [6.45, 7) is 3.49. The molecule has 4 heteroatoms. The minimum Gasteiger partial charge on any atom is -0.385 e. The second-order valence-corrected chi connectivity index (χ2v) is 4.29. The van der Waals surface area contributed by atoms with Crippen LogP contribution in [-0.2, 0) is 14.2 Å². The van der Waals surface area contributed by atoms with Gasteiger partial charge in [0.05, 0.1) is 19.3 Å². The molecule has 0 bridgehead atoms. The fourth-order valence-corrected chi connectivity index (χ4v) is 1.78. The lowest BCUT2D eigenvalue weighted by atomic mass is 10.1. The zero-order valence-corrected chi connectivity index (χ0v) is 11.9. The summed E-state index contributed by atoms with van der Waals surface area (Å²) in [6, 6.07) is 10.2. The Kier molecular flexibility index (Phi) is 9.27. The normalized spacial score (nSPS) is 12.5. The van der Waals surface area contributed by atoms with Crippen LogP contribution in [0, 0.1) is 0 Å². The molecule has 0 aromatic heterocycles. The molecule has 0 aliphatic carbocycles. The Morgan fingerprint density at radius 3 is 2.53 bits per heavy atom. The highest BCUT2D eigenvalue weighted by Gasteiger charge is 2.10. The van der Waals surface area contributed by atoms with Crippen molar-refractivity contribution in [2.24, 2.45) is 0 Å². The van der Waals surface area contributed by atoms with E-state index in [0.29, 0.717) is 13.2 Å². The van der Waals surface area contributed by atoms with E-state index in [1.807, 2.05) is 25.2 Å². The first kappa shape index (κ1) is 16.1. The lowest BCUT2D eigenvalue weighted by Gasteiger charge is -2.18. The van der Waals surface area contributed by atoms with Crippen molar-refractivity contribution in [2.45, 2.75) is 12.5 Å². The number of rotatable bonds is 11. The molecule has 1 aromatic rings. The van der Waals surface area contributed by atoms with Gasteiger partial charge in [0.1, 0.15) is 0 Å². The molecular weight excluding hydrogens is 242 g/mol. The molecule has 1 atom stereocenters. The molecule has 1 N–H and O–H groups in total. The van der Waals surface area contributed by atoms with Gasteiger partial charge in [-0.1, -0.05) is 30.3 Å². The van der Waals surface area contributed by atoms with Gasteiger partial charge in [-0.25, -0.2) is 0 Å². The third-order valence-electron chi connectivity index (χ3n) is 2.74. The fourth-order valence-electron chi connectivity index (χ4n) is 1.78. The molecule has 0 radical (unpaired) electrons. The molecule has 19 heavy (non-hydrogen) atoms. The predicted octanol–water partition coefficient (Wildman–Crippen LogP) is 2.02. The zero-order valence-electron chi connectivity index (χ0n) is 11.9. The Bertz CT molecular complexity index is 306. The lowest BCUT2D eigenvalue weighted by molar-refractivity contribution is 0.00141. The minimum absolute atomic E-state index is 0.0776. The number of hydrogen-bond donors (Lipinski definition) is 1. The first-order chi connectivity index (χ1) is 9.38. The average Bonchev–Trinajstić information content (AvgIpc) is 2.46. The quantitative estimate of drug-likeness (QED) is 0.623. The van der Waals surface area contributed by atoms with Crippen LogP contribution in [0.4, 0.5) is 0 Å². The van der Waals surface area contributed by atoms with Crippen molar-refractivity contribution in [3.05, 3.63) is 35.9 Å². The Morgan fingerprint density at radius 1 is 1.05 bits per heavy atom. The van der Waals surface area contributed by atoms with E-state index in [0.717, 1.165) is 26.2 Å². The summed E-state index contributed by atoms with van der Waals surface area (Å²) in [7, 11) is 3.63. The molecule has 0 amide bonds. The molecule has 0 aliphatic rings. The predicted molar refractivity (Wildman–Crippen MR) is 76.4 cm³/mol. The summed E-state index contributed by atoms with van der Waals surface area (Å²) in [6.07, 6.45) is 1.00. The van der Waals surface area contributed by atoms with Gasteiger partial charge in [0.15, 0.2) is 0 Å². The summed E-state index contributed by atoms with van der Waals surface area (Å²) < 4.78 is 16.3. The van der Waals surface area contributed by atoms with Crippen LogP contribution in [0.2, 0.25) is 0 Å². The highest BCUT2D eigenvalue weighted by atomic mass is 16.5. The van der Waals surface area contributed by atoms with E-state index in [-0.39, 0.29) is 6.10 Å². The Balaban J connectivity index is 2.20. The van der Waals surface area contributed by atoms with Crippen LogP contribution < -0.4 is 5.32 Å². The van der Waals surface area contributed by atoms with E-state index in [9.17, 15) is 0 Å². The van der Waals surface area contributed by atoms with Crippen LogP contribution in [0.15, 0.2) is 30.3 Å². The van der Waals surface area contributed by atoms with Crippen molar-refractivity contribution in [1.82, 2.24) is 5.32 Å². The molecule has 1 aromatic carbocycles. The van der Waals surface area contributed by atoms with Gasteiger partial charge in [-0.2, -0.15) is 0 Å². The van der Waals surface area contributed by atoms with Gasteiger partial charge in [0.25, 0.3) is 0 Å². The van der Waals surface area contributed by atoms with Crippen molar-refractivity contribution in [3.63, 3.8) is 0 Å². The highest BCUT2D eigenvalue weighted by molar-refractivity contribution is 5.17. The maximum atomic E-state index is 5.86. The highest BCUT2D eigenvalue weighted by Crippen LogP contribution is 2.15. The van der Waals surface area contributed by atoms with Crippen molar-refractivity contribution in [1.29, 1.82) is 0 Å². The molecule has 0 saturated heterocycles. The van der Waals surface area contributed by atoms with Crippen LogP contribution >= 0.6 is 0 Å².